The van der Waals surface area contributed by atoms with E-state index in [1.54, 1.807) is 12.1 Å². The molecule has 2 aromatic rings. The van der Waals surface area contributed by atoms with E-state index in [1.165, 1.54) is 12.1 Å². The Labute approximate surface area is 131 Å². The first-order chi connectivity index (χ1) is 10.6. The molecule has 116 valence electrons. The zero-order chi connectivity index (χ0) is 15.9. The van der Waals surface area contributed by atoms with E-state index in [-0.39, 0.29) is 23.6 Å². The highest BCUT2D eigenvalue weighted by molar-refractivity contribution is 5.83. The maximum Gasteiger partial charge on any atom is 0.228 e. The van der Waals surface area contributed by atoms with E-state index >= 15 is 0 Å². The van der Waals surface area contributed by atoms with E-state index in [9.17, 15) is 9.18 Å². The fraction of sp³-hybridized carbons (Fsp3) is 0.316. The Morgan fingerprint density at radius 3 is 2.32 bits per heavy atom. The summed E-state index contributed by atoms with van der Waals surface area (Å²) >= 11 is 0. The number of nitrogens with one attached hydrogen (secondary N) is 1. The molecule has 2 nitrogen and oxygen atoms in total. The number of hydrogen-bond acceptors (Lipinski definition) is 1. The summed E-state index contributed by atoms with van der Waals surface area (Å²) in [4.78, 5) is 12.6. The monoisotopic (exact) mass is 299 g/mol. The van der Waals surface area contributed by atoms with Crippen molar-refractivity contribution in [2.45, 2.75) is 32.7 Å². The zero-order valence-corrected chi connectivity index (χ0v) is 13.1. The summed E-state index contributed by atoms with van der Waals surface area (Å²) < 4.78 is 12.9. The van der Waals surface area contributed by atoms with E-state index in [2.05, 4.69) is 19.2 Å². The summed E-state index contributed by atoms with van der Waals surface area (Å²) in [5, 5.41) is 2.97. The lowest BCUT2D eigenvalue weighted by Crippen LogP contribution is -2.32. The molecule has 0 aliphatic carbocycles. The second-order valence-electron chi connectivity index (χ2n) is 5.62. The Balaban J connectivity index is 2.07. The molecule has 0 spiro atoms. The lowest BCUT2D eigenvalue weighted by molar-refractivity contribution is -0.123. The molecule has 1 amide bonds. The van der Waals surface area contributed by atoms with Crippen molar-refractivity contribution in [1.29, 1.82) is 0 Å². The van der Waals surface area contributed by atoms with Gasteiger partial charge in [0.25, 0.3) is 0 Å². The summed E-state index contributed by atoms with van der Waals surface area (Å²) in [6, 6.07) is 16.1. The van der Waals surface area contributed by atoms with E-state index in [0.29, 0.717) is 6.54 Å². The van der Waals surface area contributed by atoms with Crippen LogP contribution in [0.1, 0.15) is 37.3 Å². The van der Waals surface area contributed by atoms with Crippen molar-refractivity contribution >= 4 is 5.91 Å². The number of rotatable bonds is 6. The Kier molecular flexibility index (Phi) is 5.70. The molecular weight excluding hydrogens is 277 g/mol. The summed E-state index contributed by atoms with van der Waals surface area (Å²) in [6.07, 6.45) is 0.934. The molecule has 0 bridgehead atoms. The van der Waals surface area contributed by atoms with E-state index in [0.717, 1.165) is 17.5 Å². The lowest BCUT2D eigenvalue weighted by Gasteiger charge is -2.22. The van der Waals surface area contributed by atoms with Gasteiger partial charge < -0.3 is 5.32 Å². The van der Waals surface area contributed by atoms with Crippen molar-refractivity contribution in [2.75, 3.05) is 0 Å². The maximum atomic E-state index is 12.9. The van der Waals surface area contributed by atoms with Crippen molar-refractivity contribution in [3.63, 3.8) is 0 Å². The van der Waals surface area contributed by atoms with Gasteiger partial charge in [-0.2, -0.15) is 0 Å². The van der Waals surface area contributed by atoms with Crippen LogP contribution in [0.5, 0.6) is 0 Å². The SMILES string of the molecule is CC[C@@H](C)[C@@H](C(=O)NCc1ccc(F)cc1)c1ccccc1. The van der Waals surface area contributed by atoms with Gasteiger partial charge in [-0.15, -0.1) is 0 Å². The minimum atomic E-state index is -0.267. The molecule has 0 saturated carbocycles. The molecule has 2 rings (SSSR count). The molecule has 0 aliphatic heterocycles. The normalized spacial score (nSPS) is 13.4. The topological polar surface area (TPSA) is 29.1 Å². The molecule has 0 aliphatic rings. The van der Waals surface area contributed by atoms with Gasteiger partial charge in [0.1, 0.15) is 5.82 Å². The first-order valence-corrected chi connectivity index (χ1v) is 7.69. The van der Waals surface area contributed by atoms with Crippen LogP contribution in [0, 0.1) is 11.7 Å². The molecule has 1 N–H and O–H groups in total. The highest BCUT2D eigenvalue weighted by Crippen LogP contribution is 2.27. The van der Waals surface area contributed by atoms with Crippen LogP contribution in [0.15, 0.2) is 54.6 Å². The number of benzene rings is 2. The fourth-order valence-electron chi connectivity index (χ4n) is 2.54. The van der Waals surface area contributed by atoms with Crippen molar-refractivity contribution in [1.82, 2.24) is 5.32 Å². The average molecular weight is 299 g/mol. The third-order valence-electron chi connectivity index (χ3n) is 4.03. The predicted molar refractivity (Wildman–Crippen MR) is 86.9 cm³/mol. The van der Waals surface area contributed by atoms with Gasteiger partial charge in [0.05, 0.1) is 5.92 Å². The van der Waals surface area contributed by atoms with Gasteiger partial charge in [0.2, 0.25) is 5.91 Å². The molecule has 3 heteroatoms. The first kappa shape index (κ1) is 16.2. The molecule has 0 radical (unpaired) electrons. The number of halogens is 1. The Morgan fingerprint density at radius 1 is 1.09 bits per heavy atom. The van der Waals surface area contributed by atoms with Gasteiger partial charge in [0, 0.05) is 6.54 Å². The molecule has 2 atom stereocenters. The Hall–Kier alpha value is -2.16. The van der Waals surface area contributed by atoms with Crippen LogP contribution in [0.4, 0.5) is 4.39 Å². The lowest BCUT2D eigenvalue weighted by atomic mass is 9.85. The summed E-state index contributed by atoms with van der Waals surface area (Å²) in [6.45, 7) is 4.60. The van der Waals surface area contributed by atoms with Crippen LogP contribution >= 0.6 is 0 Å². The smallest absolute Gasteiger partial charge is 0.228 e. The van der Waals surface area contributed by atoms with Crippen LogP contribution in [-0.2, 0) is 11.3 Å². The molecular formula is C19H22FNO. The van der Waals surface area contributed by atoms with Gasteiger partial charge in [0.15, 0.2) is 0 Å². The summed E-state index contributed by atoms with van der Waals surface area (Å²) in [5.41, 5.74) is 1.93. The van der Waals surface area contributed by atoms with E-state index in [4.69, 9.17) is 0 Å². The predicted octanol–water partition coefficient (Wildman–Crippen LogP) is 4.27. The van der Waals surface area contributed by atoms with Gasteiger partial charge >= 0.3 is 0 Å². The largest absolute Gasteiger partial charge is 0.351 e. The van der Waals surface area contributed by atoms with E-state index < -0.39 is 0 Å². The summed E-state index contributed by atoms with van der Waals surface area (Å²) in [5.74, 6) is -0.149. The zero-order valence-electron chi connectivity index (χ0n) is 13.1. The second kappa shape index (κ2) is 7.74. The minimum absolute atomic E-state index is 0.0184. The van der Waals surface area contributed by atoms with Crippen molar-refractivity contribution in [3.8, 4) is 0 Å². The molecule has 0 unspecified atom stereocenters. The van der Waals surface area contributed by atoms with Crippen LogP contribution in [-0.4, -0.2) is 5.91 Å². The van der Waals surface area contributed by atoms with Crippen LogP contribution in [0.3, 0.4) is 0 Å². The van der Waals surface area contributed by atoms with Crippen LogP contribution in [0.2, 0.25) is 0 Å². The van der Waals surface area contributed by atoms with Gasteiger partial charge in [-0.05, 0) is 29.2 Å². The maximum absolute atomic E-state index is 12.9. The third-order valence-corrected chi connectivity index (χ3v) is 4.03. The quantitative estimate of drug-likeness (QED) is 0.848. The second-order valence-corrected chi connectivity index (χ2v) is 5.62. The first-order valence-electron chi connectivity index (χ1n) is 7.69. The molecule has 0 fully saturated rings. The number of carbonyl (C=O) groups is 1. The highest BCUT2D eigenvalue weighted by Gasteiger charge is 2.25. The van der Waals surface area contributed by atoms with Crippen LogP contribution in [0.25, 0.3) is 0 Å². The Morgan fingerprint density at radius 2 is 1.73 bits per heavy atom. The van der Waals surface area contributed by atoms with Crippen molar-refractivity contribution in [3.05, 3.63) is 71.5 Å². The number of amides is 1. The number of hydrogen-bond donors (Lipinski definition) is 1. The fourth-order valence-corrected chi connectivity index (χ4v) is 2.54. The third kappa shape index (κ3) is 4.17. The minimum Gasteiger partial charge on any atom is -0.351 e. The van der Waals surface area contributed by atoms with Gasteiger partial charge in [-0.3, -0.25) is 4.79 Å². The number of carbonyl (C=O) groups excluding carboxylic acids is 1. The molecule has 2 aromatic carbocycles. The standard InChI is InChI=1S/C19H22FNO/c1-3-14(2)18(16-7-5-4-6-8-16)19(22)21-13-15-9-11-17(20)12-10-15/h4-12,14,18H,3,13H2,1-2H3,(H,21,22)/t14-,18-/m1/s1. The Bertz CT molecular complexity index is 595. The molecule has 0 heterocycles. The van der Waals surface area contributed by atoms with E-state index in [1.807, 2.05) is 30.3 Å². The average Bonchev–Trinajstić information content (AvgIpc) is 2.55. The molecule has 22 heavy (non-hydrogen) atoms. The van der Waals surface area contributed by atoms with Gasteiger partial charge in [-0.25, -0.2) is 4.39 Å². The highest BCUT2D eigenvalue weighted by atomic mass is 19.1. The molecule has 0 saturated heterocycles. The van der Waals surface area contributed by atoms with Crippen molar-refractivity contribution in [2.24, 2.45) is 5.92 Å². The molecule has 0 aromatic heterocycles. The van der Waals surface area contributed by atoms with Crippen LogP contribution < -0.4 is 5.32 Å². The van der Waals surface area contributed by atoms with Crippen molar-refractivity contribution < 1.29 is 9.18 Å². The van der Waals surface area contributed by atoms with Gasteiger partial charge in [-0.1, -0.05) is 62.7 Å². The summed E-state index contributed by atoms with van der Waals surface area (Å²) in [7, 11) is 0.